The third kappa shape index (κ3) is 2.91. The molecular weight excluding hydrogens is 295 g/mol. The first kappa shape index (κ1) is 15.5. The van der Waals surface area contributed by atoms with E-state index < -0.39 is 11.9 Å². The van der Waals surface area contributed by atoms with Gasteiger partial charge in [0.1, 0.15) is 5.69 Å². The number of hydrogen-bond acceptors (Lipinski definition) is 4. The standard InChI is InChI=1S/C15H20F3N3O/c1-10(2)11-7-14(22-8-11)4-6-21(9-14)13-19-5-3-12(20-13)15(16,17)18/h3,5,10-11H,4,6-9H2,1-2H3/t11-,14-/m1/s1. The number of hydrogen-bond donors (Lipinski definition) is 0. The molecule has 0 amide bonds. The lowest BCUT2D eigenvalue weighted by atomic mass is 9.87. The Morgan fingerprint density at radius 2 is 2.18 bits per heavy atom. The van der Waals surface area contributed by atoms with Gasteiger partial charge in [0.25, 0.3) is 0 Å². The van der Waals surface area contributed by atoms with Gasteiger partial charge >= 0.3 is 6.18 Å². The first-order chi connectivity index (χ1) is 10.3. The van der Waals surface area contributed by atoms with E-state index in [9.17, 15) is 13.2 Å². The third-order valence-corrected chi connectivity index (χ3v) is 4.71. The molecule has 3 rings (SSSR count). The lowest BCUT2D eigenvalue weighted by molar-refractivity contribution is -0.141. The van der Waals surface area contributed by atoms with E-state index in [2.05, 4.69) is 23.8 Å². The Balaban J connectivity index is 1.74. The first-order valence-corrected chi connectivity index (χ1v) is 7.58. The summed E-state index contributed by atoms with van der Waals surface area (Å²) >= 11 is 0. The molecule has 22 heavy (non-hydrogen) atoms. The van der Waals surface area contributed by atoms with Crippen LogP contribution in [0.2, 0.25) is 0 Å². The van der Waals surface area contributed by atoms with Gasteiger partial charge in [0, 0.05) is 19.3 Å². The molecule has 1 spiro atoms. The van der Waals surface area contributed by atoms with E-state index in [0.29, 0.717) is 24.9 Å². The smallest absolute Gasteiger partial charge is 0.373 e. The molecule has 7 heteroatoms. The molecule has 122 valence electrons. The normalized spacial score (nSPS) is 29.0. The van der Waals surface area contributed by atoms with Gasteiger partial charge in [0.15, 0.2) is 0 Å². The molecule has 0 aromatic carbocycles. The van der Waals surface area contributed by atoms with Crippen molar-refractivity contribution < 1.29 is 17.9 Å². The topological polar surface area (TPSA) is 38.2 Å². The Morgan fingerprint density at radius 3 is 2.82 bits per heavy atom. The minimum Gasteiger partial charge on any atom is -0.373 e. The number of halogens is 3. The molecule has 2 saturated heterocycles. The molecule has 0 unspecified atom stereocenters. The molecule has 2 fully saturated rings. The molecule has 0 radical (unpaired) electrons. The second-order valence-electron chi connectivity index (χ2n) is 6.61. The van der Waals surface area contributed by atoms with Crippen LogP contribution in [-0.4, -0.2) is 35.3 Å². The van der Waals surface area contributed by atoms with Crippen LogP contribution in [0.1, 0.15) is 32.4 Å². The summed E-state index contributed by atoms with van der Waals surface area (Å²) in [6.07, 6.45) is -1.50. The molecule has 1 aromatic rings. The van der Waals surface area contributed by atoms with Crippen LogP contribution in [-0.2, 0) is 10.9 Å². The maximum absolute atomic E-state index is 12.8. The molecule has 0 N–H and O–H groups in total. The van der Waals surface area contributed by atoms with Crippen molar-refractivity contribution >= 4 is 5.95 Å². The zero-order chi connectivity index (χ0) is 16.0. The van der Waals surface area contributed by atoms with Crippen molar-refractivity contribution in [3.63, 3.8) is 0 Å². The summed E-state index contributed by atoms with van der Waals surface area (Å²) in [5.74, 6) is 1.21. The summed E-state index contributed by atoms with van der Waals surface area (Å²) in [6.45, 7) is 6.28. The molecule has 0 aliphatic carbocycles. The molecular formula is C15H20F3N3O. The van der Waals surface area contributed by atoms with Crippen LogP contribution in [0, 0.1) is 11.8 Å². The molecule has 3 heterocycles. The van der Waals surface area contributed by atoms with Crippen molar-refractivity contribution in [1.29, 1.82) is 0 Å². The van der Waals surface area contributed by atoms with Gasteiger partial charge in [0.2, 0.25) is 5.95 Å². The largest absolute Gasteiger partial charge is 0.433 e. The van der Waals surface area contributed by atoms with E-state index in [1.165, 1.54) is 6.20 Å². The van der Waals surface area contributed by atoms with Crippen LogP contribution in [0.4, 0.5) is 19.1 Å². The minimum absolute atomic E-state index is 0.142. The van der Waals surface area contributed by atoms with Gasteiger partial charge in [-0.05, 0) is 30.7 Å². The van der Waals surface area contributed by atoms with Crippen LogP contribution in [0.5, 0.6) is 0 Å². The number of ether oxygens (including phenoxy) is 1. The highest BCUT2D eigenvalue weighted by atomic mass is 19.4. The number of anilines is 1. The van der Waals surface area contributed by atoms with E-state index in [1.54, 1.807) is 4.90 Å². The monoisotopic (exact) mass is 315 g/mol. The Bertz CT molecular complexity index is 549. The van der Waals surface area contributed by atoms with Gasteiger partial charge in [0.05, 0.1) is 12.2 Å². The lowest BCUT2D eigenvalue weighted by Gasteiger charge is -2.24. The minimum atomic E-state index is -4.44. The van der Waals surface area contributed by atoms with Crippen molar-refractivity contribution in [3.05, 3.63) is 18.0 Å². The lowest BCUT2D eigenvalue weighted by Crippen LogP contribution is -2.33. The maximum atomic E-state index is 12.8. The average molecular weight is 315 g/mol. The third-order valence-electron chi connectivity index (χ3n) is 4.71. The number of rotatable bonds is 2. The zero-order valence-corrected chi connectivity index (χ0v) is 12.7. The van der Waals surface area contributed by atoms with Gasteiger partial charge in [-0.1, -0.05) is 13.8 Å². The van der Waals surface area contributed by atoms with E-state index in [1.807, 2.05) is 0 Å². The Hall–Kier alpha value is -1.37. The summed E-state index contributed by atoms with van der Waals surface area (Å²) < 4.78 is 44.3. The summed E-state index contributed by atoms with van der Waals surface area (Å²) in [4.78, 5) is 9.48. The van der Waals surface area contributed by atoms with Crippen LogP contribution >= 0.6 is 0 Å². The number of nitrogens with zero attached hydrogens (tertiary/aromatic N) is 3. The highest BCUT2D eigenvalue weighted by Crippen LogP contribution is 2.41. The second-order valence-corrected chi connectivity index (χ2v) is 6.61. The van der Waals surface area contributed by atoms with E-state index >= 15 is 0 Å². The molecule has 1 aromatic heterocycles. The number of alkyl halides is 3. The molecule has 2 aliphatic rings. The van der Waals surface area contributed by atoms with E-state index in [-0.39, 0.29) is 11.5 Å². The van der Waals surface area contributed by atoms with Gasteiger partial charge in [-0.15, -0.1) is 0 Å². The van der Waals surface area contributed by atoms with Crippen molar-refractivity contribution in [1.82, 2.24) is 9.97 Å². The Morgan fingerprint density at radius 1 is 1.41 bits per heavy atom. The zero-order valence-electron chi connectivity index (χ0n) is 12.7. The first-order valence-electron chi connectivity index (χ1n) is 7.58. The molecule has 4 nitrogen and oxygen atoms in total. The van der Waals surface area contributed by atoms with Crippen molar-refractivity contribution in [2.75, 3.05) is 24.6 Å². The maximum Gasteiger partial charge on any atom is 0.433 e. The second kappa shape index (κ2) is 5.37. The van der Waals surface area contributed by atoms with Gasteiger partial charge in [-0.2, -0.15) is 13.2 Å². The predicted octanol–water partition coefficient (Wildman–Crippen LogP) is 3.14. The number of aromatic nitrogens is 2. The molecule has 2 atom stereocenters. The van der Waals surface area contributed by atoms with Gasteiger partial charge < -0.3 is 9.64 Å². The summed E-state index contributed by atoms with van der Waals surface area (Å²) in [6, 6.07) is 0.899. The van der Waals surface area contributed by atoms with Crippen molar-refractivity contribution in [2.45, 2.75) is 38.5 Å². The molecule has 0 saturated carbocycles. The Labute approximate surface area is 127 Å². The quantitative estimate of drug-likeness (QED) is 0.840. The fourth-order valence-corrected chi connectivity index (χ4v) is 3.27. The van der Waals surface area contributed by atoms with Crippen LogP contribution < -0.4 is 4.90 Å². The fourth-order valence-electron chi connectivity index (χ4n) is 3.27. The Kier molecular flexibility index (Phi) is 3.79. The van der Waals surface area contributed by atoms with E-state index in [4.69, 9.17) is 4.74 Å². The molecule has 0 bridgehead atoms. The average Bonchev–Trinajstić information content (AvgIpc) is 3.06. The van der Waals surface area contributed by atoms with Crippen LogP contribution in [0.25, 0.3) is 0 Å². The van der Waals surface area contributed by atoms with Crippen molar-refractivity contribution in [2.24, 2.45) is 11.8 Å². The SMILES string of the molecule is CC(C)[C@H]1CO[C@]2(CCN(c3nccc(C(F)(F)F)n3)C2)C1. The fraction of sp³-hybridized carbons (Fsp3) is 0.733. The highest BCUT2D eigenvalue weighted by molar-refractivity contribution is 5.34. The summed E-state index contributed by atoms with van der Waals surface area (Å²) in [5, 5.41) is 0. The van der Waals surface area contributed by atoms with Crippen LogP contribution in [0.3, 0.4) is 0 Å². The van der Waals surface area contributed by atoms with Crippen LogP contribution in [0.15, 0.2) is 12.3 Å². The summed E-state index contributed by atoms with van der Waals surface area (Å²) in [5.41, 5.74) is -1.14. The van der Waals surface area contributed by atoms with Gasteiger partial charge in [-0.3, -0.25) is 0 Å². The van der Waals surface area contributed by atoms with E-state index in [0.717, 1.165) is 25.5 Å². The predicted molar refractivity (Wildman–Crippen MR) is 75.5 cm³/mol. The summed E-state index contributed by atoms with van der Waals surface area (Å²) in [7, 11) is 0. The van der Waals surface area contributed by atoms with Gasteiger partial charge in [-0.25, -0.2) is 9.97 Å². The molecule has 2 aliphatic heterocycles. The highest BCUT2D eigenvalue weighted by Gasteiger charge is 2.47. The van der Waals surface area contributed by atoms with Crippen molar-refractivity contribution in [3.8, 4) is 0 Å².